The number of piperidine rings is 1. The van der Waals surface area contributed by atoms with E-state index in [4.69, 9.17) is 13.8 Å². The van der Waals surface area contributed by atoms with Crippen LogP contribution in [0.25, 0.3) is 0 Å². The lowest BCUT2D eigenvalue weighted by atomic mass is 10.1. The third-order valence-electron chi connectivity index (χ3n) is 6.73. The number of likely N-dealkylation sites (tertiary alicyclic amines) is 1. The number of ether oxygens (including phenoxy) is 1. The molecule has 186 valence electrons. The lowest BCUT2D eigenvalue weighted by Crippen LogP contribution is -2.35. The highest BCUT2D eigenvalue weighted by Gasteiger charge is 2.26. The molecule has 0 aromatic heterocycles. The Bertz CT molecular complexity index is 874. The molecule has 0 spiro atoms. The summed E-state index contributed by atoms with van der Waals surface area (Å²) in [6.07, 6.45) is 7.97. The van der Waals surface area contributed by atoms with Gasteiger partial charge in [-0.05, 0) is 75.5 Å². The van der Waals surface area contributed by atoms with Crippen molar-refractivity contribution in [3.8, 4) is 5.75 Å². The molecule has 0 amide bonds. The van der Waals surface area contributed by atoms with Gasteiger partial charge in [0, 0.05) is 41.9 Å². The second kappa shape index (κ2) is 12.9. The highest BCUT2D eigenvalue weighted by atomic mass is 31.2. The van der Waals surface area contributed by atoms with Crippen LogP contribution in [0.3, 0.4) is 0 Å². The molecule has 6 heteroatoms. The third-order valence-corrected chi connectivity index (χ3v) is 8.28. The Labute approximate surface area is 207 Å². The summed E-state index contributed by atoms with van der Waals surface area (Å²) in [6.45, 7) is 9.12. The first-order valence-corrected chi connectivity index (χ1v) is 14.3. The Kier molecular flexibility index (Phi) is 9.64. The van der Waals surface area contributed by atoms with E-state index in [1.807, 2.05) is 0 Å². The van der Waals surface area contributed by atoms with Crippen LogP contribution in [0.4, 0.5) is 11.4 Å². The monoisotopic (exact) mass is 484 g/mol. The molecular weight excluding hydrogens is 443 g/mol. The van der Waals surface area contributed by atoms with Crippen LogP contribution in [0.5, 0.6) is 5.75 Å². The van der Waals surface area contributed by atoms with Crippen LogP contribution < -0.4 is 14.9 Å². The summed E-state index contributed by atoms with van der Waals surface area (Å²) in [5.41, 5.74) is 3.84. The van der Waals surface area contributed by atoms with Crippen LogP contribution in [0.2, 0.25) is 0 Å². The number of rotatable bonds is 12. The van der Waals surface area contributed by atoms with E-state index >= 15 is 0 Å². The van der Waals surface area contributed by atoms with Gasteiger partial charge in [-0.2, -0.15) is 0 Å². The number of unbranched alkanes of at least 4 members (excludes halogenated alkanes) is 2. The summed E-state index contributed by atoms with van der Waals surface area (Å²) in [7, 11) is 1.18. The Morgan fingerprint density at radius 3 is 2.21 bits per heavy atom. The molecule has 0 radical (unpaired) electrons. The van der Waals surface area contributed by atoms with Gasteiger partial charge in [0.25, 0.3) is 0 Å². The van der Waals surface area contributed by atoms with Crippen molar-refractivity contribution in [3.63, 3.8) is 0 Å². The van der Waals surface area contributed by atoms with Crippen LogP contribution in [-0.2, 0) is 15.5 Å². The van der Waals surface area contributed by atoms with Crippen molar-refractivity contribution in [2.75, 3.05) is 44.8 Å². The molecule has 0 aliphatic carbocycles. The van der Waals surface area contributed by atoms with Crippen LogP contribution >= 0.6 is 8.38 Å². The summed E-state index contributed by atoms with van der Waals surface area (Å²) in [5, 5.41) is 1.16. The normalized spacial score (nSPS) is 16.9. The Morgan fingerprint density at radius 2 is 1.56 bits per heavy atom. The highest BCUT2D eigenvalue weighted by Crippen LogP contribution is 2.42. The fourth-order valence-electron chi connectivity index (χ4n) is 4.59. The molecule has 2 aliphatic rings. The quantitative estimate of drug-likeness (QED) is 0.256. The van der Waals surface area contributed by atoms with Crippen molar-refractivity contribution < 1.29 is 13.8 Å². The van der Waals surface area contributed by atoms with E-state index in [1.165, 1.54) is 16.9 Å². The van der Waals surface area contributed by atoms with Gasteiger partial charge in [0.2, 0.25) is 8.38 Å². The highest BCUT2D eigenvalue weighted by molar-refractivity contribution is 7.56. The zero-order valence-electron chi connectivity index (χ0n) is 21.2. The van der Waals surface area contributed by atoms with E-state index in [1.54, 1.807) is 0 Å². The van der Waals surface area contributed by atoms with Crippen LogP contribution in [0, 0.1) is 0 Å². The van der Waals surface area contributed by atoms with Crippen LogP contribution in [-0.4, -0.2) is 50.9 Å². The molecule has 1 saturated heterocycles. The number of benzene rings is 2. The van der Waals surface area contributed by atoms with E-state index in [0.717, 1.165) is 88.8 Å². The number of hydrogen-bond donors (Lipinski definition) is 0. The Balaban J connectivity index is 1.44. The average molecular weight is 485 g/mol. The van der Waals surface area contributed by atoms with Crippen molar-refractivity contribution in [1.29, 1.82) is 0 Å². The topological polar surface area (TPSA) is 34.2 Å². The van der Waals surface area contributed by atoms with Crippen molar-refractivity contribution in [2.24, 2.45) is 0 Å². The lowest BCUT2D eigenvalue weighted by molar-refractivity contribution is 0.113. The summed E-state index contributed by atoms with van der Waals surface area (Å²) >= 11 is 0. The molecule has 1 fully saturated rings. The average Bonchev–Trinajstić information content (AvgIpc) is 3.30. The van der Waals surface area contributed by atoms with Gasteiger partial charge in [0.1, 0.15) is 11.9 Å². The summed E-state index contributed by atoms with van der Waals surface area (Å²) in [6, 6.07) is 15.3. The molecule has 2 aromatic carbocycles. The number of fused-ring (bicyclic) bond motifs is 1. The van der Waals surface area contributed by atoms with E-state index in [2.05, 4.69) is 73.2 Å². The molecular formula is C28H41N2O3P. The number of hydrogen-bond acceptors (Lipinski definition) is 5. The molecule has 2 aromatic rings. The maximum absolute atomic E-state index is 6.49. The Morgan fingerprint density at radius 1 is 0.882 bits per heavy atom. The standard InChI is InChI=1S/C28H41N2O3P/c1-4-6-21-31-34(32-22-7-5-2)25-13-11-23(12-14-25)30-20-17-26-27(30)9-8-10-28(26)33-24-15-18-29(3)19-16-24/h8-14,24H,4-7,15-22H2,1-3H3. The first-order valence-electron chi connectivity index (χ1n) is 13.1. The van der Waals surface area contributed by atoms with Crippen molar-refractivity contribution >= 4 is 25.1 Å². The van der Waals surface area contributed by atoms with E-state index in [0.29, 0.717) is 6.10 Å². The molecule has 2 heterocycles. The number of nitrogens with zero attached hydrogens (tertiary/aromatic N) is 2. The maximum Gasteiger partial charge on any atom is 0.205 e. The second-order valence-electron chi connectivity index (χ2n) is 9.42. The van der Waals surface area contributed by atoms with Gasteiger partial charge in [0.05, 0.1) is 13.2 Å². The molecule has 0 unspecified atom stereocenters. The molecule has 0 N–H and O–H groups in total. The van der Waals surface area contributed by atoms with Gasteiger partial charge >= 0.3 is 0 Å². The second-order valence-corrected chi connectivity index (χ2v) is 11.0. The zero-order chi connectivity index (χ0) is 23.8. The minimum atomic E-state index is -1.02. The summed E-state index contributed by atoms with van der Waals surface area (Å²) in [5.74, 6) is 1.07. The lowest BCUT2D eigenvalue weighted by Gasteiger charge is -2.30. The van der Waals surface area contributed by atoms with E-state index < -0.39 is 8.38 Å². The SMILES string of the molecule is CCCCOP(OCCCC)c1ccc(N2CCc3c(OC4CCN(C)CC4)cccc32)cc1. The molecule has 0 atom stereocenters. The molecule has 2 aliphatic heterocycles. The first-order chi connectivity index (χ1) is 16.7. The van der Waals surface area contributed by atoms with Gasteiger partial charge in [-0.1, -0.05) is 32.8 Å². The third kappa shape index (κ3) is 6.51. The van der Waals surface area contributed by atoms with Gasteiger partial charge in [-0.25, -0.2) is 0 Å². The van der Waals surface area contributed by atoms with Gasteiger partial charge in [0.15, 0.2) is 0 Å². The van der Waals surface area contributed by atoms with Crippen LogP contribution in [0.15, 0.2) is 42.5 Å². The van der Waals surface area contributed by atoms with Gasteiger partial charge in [-0.3, -0.25) is 0 Å². The summed E-state index contributed by atoms with van der Waals surface area (Å²) in [4.78, 5) is 4.80. The smallest absolute Gasteiger partial charge is 0.205 e. The van der Waals surface area contributed by atoms with Crippen LogP contribution in [0.1, 0.15) is 57.9 Å². The zero-order valence-corrected chi connectivity index (χ0v) is 22.1. The largest absolute Gasteiger partial charge is 0.490 e. The predicted molar refractivity (Wildman–Crippen MR) is 143 cm³/mol. The molecule has 4 rings (SSSR count). The van der Waals surface area contributed by atoms with Gasteiger partial charge in [-0.15, -0.1) is 0 Å². The van der Waals surface area contributed by atoms with E-state index in [-0.39, 0.29) is 0 Å². The Hall–Kier alpha value is -1.65. The maximum atomic E-state index is 6.49. The molecule has 5 nitrogen and oxygen atoms in total. The minimum Gasteiger partial charge on any atom is -0.490 e. The molecule has 0 bridgehead atoms. The van der Waals surface area contributed by atoms with Crippen molar-refractivity contribution in [2.45, 2.75) is 64.9 Å². The predicted octanol–water partition coefficient (Wildman–Crippen LogP) is 6.42. The van der Waals surface area contributed by atoms with Crippen molar-refractivity contribution in [3.05, 3.63) is 48.0 Å². The molecule has 0 saturated carbocycles. The summed E-state index contributed by atoms with van der Waals surface area (Å²) < 4.78 is 18.8. The number of anilines is 2. The van der Waals surface area contributed by atoms with Crippen molar-refractivity contribution in [1.82, 2.24) is 4.90 Å². The molecule has 34 heavy (non-hydrogen) atoms. The fourth-order valence-corrected chi connectivity index (χ4v) is 5.94. The fraction of sp³-hybridized carbons (Fsp3) is 0.571. The first kappa shape index (κ1) is 25.4. The van der Waals surface area contributed by atoms with E-state index in [9.17, 15) is 0 Å². The minimum absolute atomic E-state index is 0.329. The van der Waals surface area contributed by atoms with Gasteiger partial charge < -0.3 is 23.6 Å².